The van der Waals surface area contributed by atoms with Gasteiger partial charge in [-0.2, -0.15) is 0 Å². The molecule has 5 nitrogen and oxygen atoms in total. The Hall–Kier alpha value is -2.56. The van der Waals surface area contributed by atoms with E-state index in [1.165, 1.54) is 0 Å². The molecule has 1 aliphatic heterocycles. The van der Waals surface area contributed by atoms with Crippen LogP contribution in [0.25, 0.3) is 0 Å². The molecule has 2 aromatic rings. The Morgan fingerprint density at radius 2 is 2.10 bits per heavy atom. The van der Waals surface area contributed by atoms with Gasteiger partial charge < -0.3 is 14.6 Å². The number of amides is 1. The number of furan rings is 1. The zero-order valence-electron chi connectivity index (χ0n) is 10.8. The summed E-state index contributed by atoms with van der Waals surface area (Å²) in [6, 6.07) is 13.3. The van der Waals surface area contributed by atoms with E-state index in [1.54, 1.807) is 12.3 Å². The minimum Gasteiger partial charge on any atom is -0.467 e. The Bertz CT molecular complexity index is 605. The third-order valence-electron chi connectivity index (χ3n) is 3.09. The first-order chi connectivity index (χ1) is 9.83. The van der Waals surface area contributed by atoms with Crippen molar-refractivity contribution in [3.8, 4) is 0 Å². The van der Waals surface area contributed by atoms with Crippen LogP contribution in [0.15, 0.2) is 58.3 Å². The van der Waals surface area contributed by atoms with Crippen molar-refractivity contribution in [3.63, 3.8) is 0 Å². The highest BCUT2D eigenvalue weighted by molar-refractivity contribution is 6.04. The average molecular weight is 270 g/mol. The van der Waals surface area contributed by atoms with Gasteiger partial charge in [-0.15, -0.1) is 0 Å². The maximum Gasteiger partial charge on any atom is 0.264 e. The maximum atomic E-state index is 12.0. The number of benzene rings is 1. The number of rotatable bonds is 4. The van der Waals surface area contributed by atoms with Crippen molar-refractivity contribution >= 4 is 11.6 Å². The van der Waals surface area contributed by atoms with E-state index >= 15 is 0 Å². The molecule has 1 aliphatic rings. The second-order valence-corrected chi connectivity index (χ2v) is 4.50. The van der Waals surface area contributed by atoms with Crippen LogP contribution in [-0.2, 0) is 16.2 Å². The molecule has 1 amide bonds. The molecule has 0 saturated heterocycles. The number of hydrogen-bond donors (Lipinski definition) is 1. The molecule has 1 aromatic heterocycles. The largest absolute Gasteiger partial charge is 0.467 e. The first-order valence-corrected chi connectivity index (χ1v) is 6.41. The molecule has 1 N–H and O–H groups in total. The van der Waals surface area contributed by atoms with Gasteiger partial charge in [-0.1, -0.05) is 35.5 Å². The van der Waals surface area contributed by atoms with Crippen LogP contribution in [0, 0.1) is 0 Å². The van der Waals surface area contributed by atoms with Crippen LogP contribution in [0.3, 0.4) is 0 Å². The van der Waals surface area contributed by atoms with Gasteiger partial charge in [0, 0.05) is 6.42 Å². The van der Waals surface area contributed by atoms with Crippen LogP contribution >= 0.6 is 0 Å². The topological polar surface area (TPSA) is 63.8 Å². The summed E-state index contributed by atoms with van der Waals surface area (Å²) in [5.74, 6) is 0.525. The number of carbonyl (C=O) groups is 1. The molecular formula is C15H14N2O3. The highest BCUT2D eigenvalue weighted by Gasteiger charge is 2.28. The number of oxime groups is 1. The normalized spacial score (nSPS) is 17.4. The Balaban J connectivity index is 1.54. The minimum absolute atomic E-state index is 0.184. The van der Waals surface area contributed by atoms with E-state index in [4.69, 9.17) is 9.25 Å². The first-order valence-electron chi connectivity index (χ1n) is 6.41. The van der Waals surface area contributed by atoms with Gasteiger partial charge in [0.15, 0.2) is 0 Å². The monoisotopic (exact) mass is 270 g/mol. The molecule has 0 radical (unpaired) electrons. The zero-order chi connectivity index (χ0) is 13.8. The van der Waals surface area contributed by atoms with Gasteiger partial charge in [-0.05, 0) is 17.7 Å². The summed E-state index contributed by atoms with van der Waals surface area (Å²) in [6.45, 7) is 0.354. The van der Waals surface area contributed by atoms with Crippen LogP contribution in [0.5, 0.6) is 0 Å². The van der Waals surface area contributed by atoms with Crippen LogP contribution in [-0.4, -0.2) is 17.7 Å². The number of nitrogens with zero attached hydrogens (tertiary/aromatic N) is 1. The molecule has 1 aromatic carbocycles. The molecule has 2 heterocycles. The maximum absolute atomic E-state index is 12.0. The SMILES string of the molecule is O=C(NCc1ccco1)[C@@H]1CC(c2ccccc2)=NO1. The molecular weight excluding hydrogens is 256 g/mol. The van der Waals surface area contributed by atoms with Gasteiger partial charge in [0.25, 0.3) is 5.91 Å². The summed E-state index contributed by atoms with van der Waals surface area (Å²) in [5, 5.41) is 6.75. The molecule has 0 spiro atoms. The Morgan fingerprint density at radius 3 is 2.85 bits per heavy atom. The highest BCUT2D eigenvalue weighted by atomic mass is 16.6. The zero-order valence-corrected chi connectivity index (χ0v) is 10.8. The Kier molecular flexibility index (Phi) is 3.50. The van der Waals surface area contributed by atoms with Crippen molar-refractivity contribution in [2.75, 3.05) is 0 Å². The van der Waals surface area contributed by atoms with Crippen molar-refractivity contribution in [2.45, 2.75) is 19.1 Å². The van der Waals surface area contributed by atoms with Gasteiger partial charge in [0.1, 0.15) is 5.76 Å². The molecule has 0 unspecified atom stereocenters. The predicted octanol–water partition coefficient (Wildman–Crippen LogP) is 2.09. The van der Waals surface area contributed by atoms with Crippen molar-refractivity contribution in [1.82, 2.24) is 5.32 Å². The van der Waals surface area contributed by atoms with Gasteiger partial charge in [0.05, 0.1) is 18.5 Å². The summed E-state index contributed by atoms with van der Waals surface area (Å²) >= 11 is 0. The molecule has 0 fully saturated rings. The van der Waals surface area contributed by atoms with E-state index in [9.17, 15) is 4.79 Å². The van der Waals surface area contributed by atoms with Gasteiger partial charge in [-0.25, -0.2) is 0 Å². The number of carbonyl (C=O) groups excluding carboxylic acids is 1. The fourth-order valence-electron chi connectivity index (χ4n) is 2.02. The third-order valence-corrected chi connectivity index (χ3v) is 3.09. The second kappa shape index (κ2) is 5.61. The van der Waals surface area contributed by atoms with E-state index in [1.807, 2.05) is 36.4 Å². The van der Waals surface area contributed by atoms with E-state index in [0.29, 0.717) is 18.7 Å². The summed E-state index contributed by atoms with van der Waals surface area (Å²) in [4.78, 5) is 17.2. The first kappa shape index (κ1) is 12.5. The lowest BCUT2D eigenvalue weighted by Crippen LogP contribution is -2.34. The molecule has 102 valence electrons. The lowest BCUT2D eigenvalue weighted by Gasteiger charge is -2.08. The number of hydrogen-bond acceptors (Lipinski definition) is 4. The summed E-state index contributed by atoms with van der Waals surface area (Å²) < 4.78 is 5.15. The molecule has 20 heavy (non-hydrogen) atoms. The van der Waals surface area contributed by atoms with Crippen molar-refractivity contribution in [3.05, 3.63) is 60.1 Å². The molecule has 0 saturated carbocycles. The van der Waals surface area contributed by atoms with Crippen molar-refractivity contribution in [2.24, 2.45) is 5.16 Å². The average Bonchev–Trinajstić information content (AvgIpc) is 3.17. The molecule has 5 heteroatoms. The molecule has 3 rings (SSSR count). The fourth-order valence-corrected chi connectivity index (χ4v) is 2.02. The second-order valence-electron chi connectivity index (χ2n) is 4.50. The number of nitrogens with one attached hydrogen (secondary N) is 1. The summed E-state index contributed by atoms with van der Waals surface area (Å²) in [7, 11) is 0. The van der Waals surface area contributed by atoms with Crippen molar-refractivity contribution < 1.29 is 14.0 Å². The lowest BCUT2D eigenvalue weighted by molar-refractivity contribution is -0.131. The van der Waals surface area contributed by atoms with Crippen LogP contribution in [0.4, 0.5) is 0 Å². The van der Waals surface area contributed by atoms with Gasteiger partial charge in [0.2, 0.25) is 6.10 Å². The van der Waals surface area contributed by atoms with Gasteiger partial charge >= 0.3 is 0 Å². The van der Waals surface area contributed by atoms with E-state index < -0.39 is 6.10 Å². The van der Waals surface area contributed by atoms with E-state index in [0.717, 1.165) is 11.3 Å². The Morgan fingerprint density at radius 1 is 1.25 bits per heavy atom. The standard InChI is InChI=1S/C15H14N2O3/c18-15(16-10-12-7-4-8-19-12)14-9-13(17-20-14)11-5-2-1-3-6-11/h1-8,14H,9-10H2,(H,16,18)/t14-/m0/s1. The third kappa shape index (κ3) is 2.71. The smallest absolute Gasteiger partial charge is 0.264 e. The minimum atomic E-state index is -0.569. The fraction of sp³-hybridized carbons (Fsp3) is 0.200. The van der Waals surface area contributed by atoms with E-state index in [2.05, 4.69) is 10.5 Å². The van der Waals surface area contributed by atoms with Crippen LogP contribution < -0.4 is 5.32 Å². The molecule has 0 aliphatic carbocycles. The highest BCUT2D eigenvalue weighted by Crippen LogP contribution is 2.16. The predicted molar refractivity (Wildman–Crippen MR) is 73.0 cm³/mol. The van der Waals surface area contributed by atoms with Crippen LogP contribution in [0.1, 0.15) is 17.7 Å². The molecule has 0 bridgehead atoms. The summed E-state index contributed by atoms with van der Waals surface area (Å²) in [5.41, 5.74) is 1.78. The van der Waals surface area contributed by atoms with Crippen molar-refractivity contribution in [1.29, 1.82) is 0 Å². The Labute approximate surface area is 116 Å². The summed E-state index contributed by atoms with van der Waals surface area (Å²) in [6.07, 6.45) is 1.48. The van der Waals surface area contributed by atoms with Crippen LogP contribution in [0.2, 0.25) is 0 Å². The quantitative estimate of drug-likeness (QED) is 0.925. The molecule has 1 atom stereocenters. The van der Waals surface area contributed by atoms with Gasteiger partial charge in [-0.3, -0.25) is 4.79 Å². The lowest BCUT2D eigenvalue weighted by atomic mass is 10.0. The van der Waals surface area contributed by atoms with E-state index in [-0.39, 0.29) is 5.91 Å².